The van der Waals surface area contributed by atoms with Crippen LogP contribution in [0, 0.1) is 0 Å². The van der Waals surface area contributed by atoms with Crippen LogP contribution >= 0.6 is 11.3 Å². The zero-order valence-electron chi connectivity index (χ0n) is 9.32. The number of imide groups is 1. The molecule has 5 nitrogen and oxygen atoms in total. The molecule has 2 N–H and O–H groups in total. The highest BCUT2D eigenvalue weighted by Gasteiger charge is 2.14. The summed E-state index contributed by atoms with van der Waals surface area (Å²) in [7, 11) is 1.44. The quantitative estimate of drug-likeness (QED) is 0.844. The number of amides is 4. The Bertz CT molecular complexity index is 351. The molecule has 16 heavy (non-hydrogen) atoms. The number of nitrogens with zero attached hydrogens (tertiary/aromatic N) is 1. The Morgan fingerprint density at radius 2 is 2.06 bits per heavy atom. The predicted molar refractivity (Wildman–Crippen MR) is 63.4 cm³/mol. The number of urea groups is 2. The van der Waals surface area contributed by atoms with Crippen molar-refractivity contribution in [3.8, 4) is 0 Å². The Balaban J connectivity index is 2.37. The molecule has 4 amide bonds. The van der Waals surface area contributed by atoms with E-state index in [1.807, 2.05) is 17.5 Å². The number of carbonyl (C=O) groups excluding carboxylic acids is 2. The zero-order valence-corrected chi connectivity index (χ0v) is 10.1. The van der Waals surface area contributed by atoms with E-state index in [9.17, 15) is 9.59 Å². The van der Waals surface area contributed by atoms with E-state index in [0.717, 1.165) is 9.78 Å². The first-order valence-electron chi connectivity index (χ1n) is 4.97. The highest BCUT2D eigenvalue weighted by atomic mass is 32.1. The first-order chi connectivity index (χ1) is 7.65. The summed E-state index contributed by atoms with van der Waals surface area (Å²) in [5.41, 5.74) is 0. The SMILES string of the molecule is CCNC(=O)N(C)C(=O)NCc1cccs1. The molecular weight excluding hydrogens is 226 g/mol. The maximum atomic E-state index is 11.5. The molecule has 88 valence electrons. The van der Waals surface area contributed by atoms with Crippen molar-refractivity contribution in [3.63, 3.8) is 0 Å². The number of rotatable bonds is 3. The molecule has 0 atom stereocenters. The van der Waals surface area contributed by atoms with Crippen molar-refractivity contribution in [1.82, 2.24) is 15.5 Å². The summed E-state index contributed by atoms with van der Waals surface area (Å²) in [5.74, 6) is 0. The van der Waals surface area contributed by atoms with Crippen LogP contribution in [0.5, 0.6) is 0 Å². The van der Waals surface area contributed by atoms with Gasteiger partial charge in [-0.1, -0.05) is 6.07 Å². The minimum Gasteiger partial charge on any atom is -0.338 e. The van der Waals surface area contributed by atoms with Gasteiger partial charge in [0.25, 0.3) is 0 Å². The van der Waals surface area contributed by atoms with Gasteiger partial charge < -0.3 is 10.6 Å². The highest BCUT2D eigenvalue weighted by molar-refractivity contribution is 7.09. The minimum absolute atomic E-state index is 0.397. The van der Waals surface area contributed by atoms with Crippen LogP contribution in [0.2, 0.25) is 0 Å². The van der Waals surface area contributed by atoms with Crippen LogP contribution in [-0.2, 0) is 6.54 Å². The summed E-state index contributed by atoms with van der Waals surface area (Å²) in [6.07, 6.45) is 0. The third kappa shape index (κ3) is 3.54. The fourth-order valence-electron chi connectivity index (χ4n) is 1.06. The molecule has 0 saturated carbocycles. The van der Waals surface area contributed by atoms with Gasteiger partial charge in [0.1, 0.15) is 0 Å². The summed E-state index contributed by atoms with van der Waals surface area (Å²) in [6.45, 7) is 2.75. The molecule has 1 rings (SSSR count). The molecule has 0 aliphatic carbocycles. The minimum atomic E-state index is -0.403. The fraction of sp³-hybridized carbons (Fsp3) is 0.400. The molecular formula is C10H15N3O2S. The molecule has 1 aromatic rings. The third-order valence-electron chi connectivity index (χ3n) is 1.93. The lowest BCUT2D eigenvalue weighted by atomic mass is 10.5. The molecule has 0 bridgehead atoms. The van der Waals surface area contributed by atoms with Crippen LogP contribution < -0.4 is 10.6 Å². The molecule has 0 radical (unpaired) electrons. The van der Waals surface area contributed by atoms with Gasteiger partial charge in [-0.15, -0.1) is 11.3 Å². The van der Waals surface area contributed by atoms with Gasteiger partial charge in [-0.2, -0.15) is 0 Å². The van der Waals surface area contributed by atoms with E-state index < -0.39 is 12.1 Å². The standard InChI is InChI=1S/C10H15N3O2S/c1-3-11-9(14)13(2)10(15)12-7-8-5-4-6-16-8/h4-6H,3,7H2,1-2H3,(H,11,14)(H,12,15). The topological polar surface area (TPSA) is 61.4 Å². The van der Waals surface area contributed by atoms with E-state index in [4.69, 9.17) is 0 Å². The van der Waals surface area contributed by atoms with Gasteiger partial charge in [0.15, 0.2) is 0 Å². The molecule has 1 aromatic heterocycles. The molecule has 0 aliphatic heterocycles. The lowest BCUT2D eigenvalue weighted by Gasteiger charge is -2.15. The molecule has 0 fully saturated rings. The molecule has 6 heteroatoms. The van der Waals surface area contributed by atoms with E-state index >= 15 is 0 Å². The Morgan fingerprint density at radius 1 is 1.38 bits per heavy atom. The van der Waals surface area contributed by atoms with Gasteiger partial charge in [-0.3, -0.25) is 0 Å². The maximum Gasteiger partial charge on any atom is 0.325 e. The van der Waals surface area contributed by atoms with E-state index in [2.05, 4.69) is 10.6 Å². The van der Waals surface area contributed by atoms with E-state index in [0.29, 0.717) is 13.1 Å². The lowest BCUT2D eigenvalue weighted by molar-refractivity contribution is 0.194. The van der Waals surface area contributed by atoms with Crippen LogP contribution in [0.25, 0.3) is 0 Å². The Labute approximate surface area is 98.4 Å². The van der Waals surface area contributed by atoms with Gasteiger partial charge in [0.05, 0.1) is 6.54 Å². The maximum absolute atomic E-state index is 11.5. The van der Waals surface area contributed by atoms with Crippen molar-refractivity contribution in [3.05, 3.63) is 22.4 Å². The summed E-state index contributed by atoms with van der Waals surface area (Å²) < 4.78 is 0. The molecule has 0 saturated heterocycles. The molecule has 0 aromatic carbocycles. The number of carbonyl (C=O) groups is 2. The van der Waals surface area contributed by atoms with Crippen LogP contribution in [0.4, 0.5) is 9.59 Å². The van der Waals surface area contributed by atoms with Crippen molar-refractivity contribution in [2.75, 3.05) is 13.6 Å². The van der Waals surface area contributed by atoms with Crippen LogP contribution in [0.1, 0.15) is 11.8 Å². The Hall–Kier alpha value is -1.56. The normalized spacial score (nSPS) is 9.62. The third-order valence-corrected chi connectivity index (χ3v) is 2.81. The summed E-state index contributed by atoms with van der Waals surface area (Å²) >= 11 is 1.56. The average molecular weight is 241 g/mol. The van der Waals surface area contributed by atoms with Crippen LogP contribution in [-0.4, -0.2) is 30.6 Å². The number of nitrogens with one attached hydrogen (secondary N) is 2. The van der Waals surface area contributed by atoms with Crippen molar-refractivity contribution >= 4 is 23.4 Å². The summed E-state index contributed by atoms with van der Waals surface area (Å²) in [4.78, 5) is 24.9. The number of thiophene rings is 1. The first-order valence-corrected chi connectivity index (χ1v) is 5.85. The second kappa shape index (κ2) is 6.12. The van der Waals surface area contributed by atoms with E-state index in [1.165, 1.54) is 7.05 Å². The molecule has 0 aliphatic rings. The van der Waals surface area contributed by atoms with Crippen molar-refractivity contribution in [2.24, 2.45) is 0 Å². The van der Waals surface area contributed by atoms with Crippen LogP contribution in [0.3, 0.4) is 0 Å². The largest absolute Gasteiger partial charge is 0.338 e. The van der Waals surface area contributed by atoms with Crippen molar-refractivity contribution in [1.29, 1.82) is 0 Å². The van der Waals surface area contributed by atoms with E-state index in [-0.39, 0.29) is 0 Å². The Kier molecular flexibility index (Phi) is 4.78. The van der Waals surface area contributed by atoms with Gasteiger partial charge in [0, 0.05) is 18.5 Å². The van der Waals surface area contributed by atoms with Crippen molar-refractivity contribution < 1.29 is 9.59 Å². The van der Waals surface area contributed by atoms with Gasteiger partial charge in [-0.05, 0) is 18.4 Å². The van der Waals surface area contributed by atoms with Gasteiger partial charge in [0.2, 0.25) is 0 Å². The van der Waals surface area contributed by atoms with Crippen LogP contribution in [0.15, 0.2) is 17.5 Å². The molecule has 1 heterocycles. The van der Waals surface area contributed by atoms with Gasteiger partial charge in [-0.25, -0.2) is 14.5 Å². The molecule has 0 spiro atoms. The smallest absolute Gasteiger partial charge is 0.325 e. The first kappa shape index (κ1) is 12.5. The van der Waals surface area contributed by atoms with E-state index in [1.54, 1.807) is 18.3 Å². The average Bonchev–Trinajstić information content (AvgIpc) is 2.78. The summed E-state index contributed by atoms with van der Waals surface area (Å²) in [6, 6.07) is 3.04. The number of hydrogen-bond acceptors (Lipinski definition) is 3. The monoisotopic (exact) mass is 241 g/mol. The highest BCUT2D eigenvalue weighted by Crippen LogP contribution is 2.07. The number of hydrogen-bond donors (Lipinski definition) is 2. The zero-order chi connectivity index (χ0) is 12.0. The lowest BCUT2D eigenvalue weighted by Crippen LogP contribution is -2.45. The second-order valence-electron chi connectivity index (χ2n) is 3.13. The summed E-state index contributed by atoms with van der Waals surface area (Å²) in [5, 5.41) is 7.15. The Morgan fingerprint density at radius 3 is 2.62 bits per heavy atom. The van der Waals surface area contributed by atoms with Gasteiger partial charge >= 0.3 is 12.1 Å². The predicted octanol–water partition coefficient (Wildman–Crippen LogP) is 1.62. The van der Waals surface area contributed by atoms with Crippen molar-refractivity contribution in [2.45, 2.75) is 13.5 Å². The second-order valence-corrected chi connectivity index (χ2v) is 4.16. The molecule has 0 unspecified atom stereocenters. The fourth-order valence-corrected chi connectivity index (χ4v) is 1.70.